The second kappa shape index (κ2) is 10.6. The maximum Gasteiger partial charge on any atom is 0.315 e. The molecule has 1 saturated heterocycles. The molecule has 1 saturated carbocycles. The third-order valence-electron chi connectivity index (χ3n) is 7.67. The van der Waals surface area contributed by atoms with Crippen molar-refractivity contribution < 1.29 is 14.3 Å². The van der Waals surface area contributed by atoms with Gasteiger partial charge in [0.05, 0.1) is 17.7 Å². The van der Waals surface area contributed by atoms with E-state index in [4.69, 9.17) is 9.47 Å². The first kappa shape index (κ1) is 23.7. The highest BCUT2D eigenvalue weighted by Gasteiger charge is 2.61. The summed E-state index contributed by atoms with van der Waals surface area (Å²) in [4.78, 5) is 17.7. The molecule has 1 aromatic heterocycles. The van der Waals surface area contributed by atoms with Gasteiger partial charge in [-0.25, -0.2) is 0 Å². The lowest BCUT2D eigenvalue weighted by atomic mass is 9.57. The van der Waals surface area contributed by atoms with E-state index in [9.17, 15) is 4.79 Å². The molecule has 2 aromatic rings. The van der Waals surface area contributed by atoms with Gasteiger partial charge in [0.15, 0.2) is 0 Å². The Bertz CT molecular complexity index is 939. The number of fused-ring (bicyclic) bond motifs is 1. The van der Waals surface area contributed by atoms with Gasteiger partial charge in [0, 0.05) is 24.3 Å². The van der Waals surface area contributed by atoms with Crippen LogP contribution in [0.5, 0.6) is 0 Å². The Balaban J connectivity index is 1.55. The van der Waals surface area contributed by atoms with Crippen molar-refractivity contribution >= 4 is 12.0 Å². The van der Waals surface area contributed by atoms with Gasteiger partial charge in [0.25, 0.3) is 0 Å². The van der Waals surface area contributed by atoms with Gasteiger partial charge < -0.3 is 9.47 Å². The molecule has 0 N–H and O–H groups in total. The number of unbranched alkanes of at least 4 members (excludes halogenated alkanes) is 1. The number of allylic oxidation sites excluding steroid dienone is 1. The van der Waals surface area contributed by atoms with Crippen molar-refractivity contribution in [3.05, 3.63) is 60.4 Å². The molecule has 2 heterocycles. The second-order valence-corrected chi connectivity index (χ2v) is 9.68. The minimum atomic E-state index is -0.515. The van der Waals surface area contributed by atoms with Crippen molar-refractivity contribution in [1.82, 2.24) is 4.98 Å². The van der Waals surface area contributed by atoms with Crippen molar-refractivity contribution in [2.45, 2.75) is 59.0 Å². The van der Waals surface area contributed by atoms with E-state index in [0.29, 0.717) is 19.1 Å². The molecule has 1 aromatic carbocycles. The summed E-state index contributed by atoms with van der Waals surface area (Å²) < 4.78 is 11.9. The number of esters is 1. The summed E-state index contributed by atoms with van der Waals surface area (Å²) >= 11 is 0. The Kier molecular flexibility index (Phi) is 7.64. The van der Waals surface area contributed by atoms with Crippen LogP contribution < -0.4 is 0 Å². The number of pyridine rings is 1. The van der Waals surface area contributed by atoms with Crippen molar-refractivity contribution in [2.24, 2.45) is 23.2 Å². The van der Waals surface area contributed by atoms with Crippen LogP contribution in [0.4, 0.5) is 0 Å². The minimum Gasteiger partial charge on any atom is -0.462 e. The van der Waals surface area contributed by atoms with Gasteiger partial charge in [-0.1, -0.05) is 69.2 Å². The SMILES string of the molecule is CCCCOC[C@@]12CC[C@@H](CC)[C@H](/C=C/c3ccc(-c4ccccc4)cn3)[C@@H]1[C@@H](C)OC2=O. The van der Waals surface area contributed by atoms with Gasteiger partial charge in [-0.05, 0) is 55.7 Å². The zero-order chi connectivity index (χ0) is 23.3. The Morgan fingerprint density at radius 1 is 1.15 bits per heavy atom. The number of ether oxygens (including phenoxy) is 2. The summed E-state index contributed by atoms with van der Waals surface area (Å²) in [5.74, 6) is 0.895. The van der Waals surface area contributed by atoms with Crippen LogP contribution in [0.1, 0.15) is 58.6 Å². The molecule has 4 rings (SSSR count). The smallest absolute Gasteiger partial charge is 0.315 e. The van der Waals surface area contributed by atoms with Crippen molar-refractivity contribution in [1.29, 1.82) is 0 Å². The highest BCUT2D eigenvalue weighted by atomic mass is 16.6. The summed E-state index contributed by atoms with van der Waals surface area (Å²) in [6.45, 7) is 7.66. The van der Waals surface area contributed by atoms with Gasteiger partial charge in [-0.2, -0.15) is 0 Å². The van der Waals surface area contributed by atoms with Crippen LogP contribution >= 0.6 is 0 Å². The predicted octanol–water partition coefficient (Wildman–Crippen LogP) is 6.56. The molecule has 1 aliphatic heterocycles. The Morgan fingerprint density at radius 2 is 1.97 bits per heavy atom. The lowest BCUT2D eigenvalue weighted by Crippen LogP contribution is -2.48. The molecule has 5 atom stereocenters. The van der Waals surface area contributed by atoms with E-state index in [2.05, 4.69) is 62.2 Å². The number of hydrogen-bond donors (Lipinski definition) is 0. The number of aromatic nitrogens is 1. The number of carbonyl (C=O) groups is 1. The average molecular weight is 448 g/mol. The number of hydrogen-bond acceptors (Lipinski definition) is 4. The molecule has 1 aliphatic carbocycles. The monoisotopic (exact) mass is 447 g/mol. The predicted molar refractivity (Wildman–Crippen MR) is 132 cm³/mol. The molecule has 0 bridgehead atoms. The van der Waals surface area contributed by atoms with E-state index >= 15 is 0 Å². The molecule has 2 aliphatic rings. The molecule has 4 heteroatoms. The van der Waals surface area contributed by atoms with E-state index in [1.54, 1.807) is 0 Å². The molecule has 176 valence electrons. The number of benzene rings is 1. The fourth-order valence-corrected chi connectivity index (χ4v) is 5.82. The molecule has 0 spiro atoms. The van der Waals surface area contributed by atoms with Crippen LogP contribution in [0, 0.1) is 23.2 Å². The number of rotatable bonds is 9. The largest absolute Gasteiger partial charge is 0.462 e. The quantitative estimate of drug-likeness (QED) is 0.322. The molecular formula is C29H37NO3. The highest BCUT2D eigenvalue weighted by Crippen LogP contribution is 2.55. The third kappa shape index (κ3) is 4.91. The van der Waals surface area contributed by atoms with E-state index in [0.717, 1.165) is 43.4 Å². The van der Waals surface area contributed by atoms with Gasteiger partial charge in [-0.15, -0.1) is 0 Å². The molecule has 0 radical (unpaired) electrons. The molecule has 4 nitrogen and oxygen atoms in total. The van der Waals surface area contributed by atoms with Crippen LogP contribution in [-0.2, 0) is 14.3 Å². The lowest BCUT2D eigenvalue weighted by molar-refractivity contribution is -0.153. The van der Waals surface area contributed by atoms with Crippen LogP contribution in [0.3, 0.4) is 0 Å². The number of carbonyl (C=O) groups excluding carboxylic acids is 1. The molecule has 2 fully saturated rings. The maximum atomic E-state index is 13.1. The molecular weight excluding hydrogens is 410 g/mol. The summed E-state index contributed by atoms with van der Waals surface area (Å²) in [5.41, 5.74) is 2.71. The maximum absolute atomic E-state index is 13.1. The topological polar surface area (TPSA) is 48.4 Å². The zero-order valence-corrected chi connectivity index (χ0v) is 20.2. The van der Waals surface area contributed by atoms with Crippen LogP contribution in [0.2, 0.25) is 0 Å². The van der Waals surface area contributed by atoms with E-state index in [-0.39, 0.29) is 23.9 Å². The Morgan fingerprint density at radius 3 is 2.67 bits per heavy atom. The second-order valence-electron chi connectivity index (χ2n) is 9.68. The van der Waals surface area contributed by atoms with E-state index in [1.165, 1.54) is 5.56 Å². The molecule has 0 unspecified atom stereocenters. The van der Waals surface area contributed by atoms with Crippen LogP contribution in [0.25, 0.3) is 17.2 Å². The Hall–Kier alpha value is -2.46. The molecule has 33 heavy (non-hydrogen) atoms. The lowest BCUT2D eigenvalue weighted by Gasteiger charge is -2.44. The van der Waals surface area contributed by atoms with Gasteiger partial charge in [0.2, 0.25) is 0 Å². The standard InChI is InChI=1S/C29H37NO3/c1-4-6-18-32-20-29-17-16-22(5-2)26(27(29)21(3)33-28(29)31)15-14-25-13-12-24(19-30-25)23-10-8-7-9-11-23/h7-15,19,21-22,26-27H,4-6,16-18,20H2,1-3H3/b15-14+/t21-,22-,26+,27+,29+/m1/s1. The summed E-state index contributed by atoms with van der Waals surface area (Å²) in [6, 6.07) is 14.5. The first-order chi connectivity index (χ1) is 16.1. The first-order valence-electron chi connectivity index (χ1n) is 12.6. The average Bonchev–Trinajstić information content (AvgIpc) is 3.11. The number of cyclic esters (lactones) is 1. The fourth-order valence-electron chi connectivity index (χ4n) is 5.82. The molecule has 0 amide bonds. The normalized spacial score (nSPS) is 29.2. The first-order valence-corrected chi connectivity index (χ1v) is 12.6. The van der Waals surface area contributed by atoms with Gasteiger partial charge in [-0.3, -0.25) is 9.78 Å². The third-order valence-corrected chi connectivity index (χ3v) is 7.67. The van der Waals surface area contributed by atoms with Gasteiger partial charge >= 0.3 is 5.97 Å². The fraction of sp³-hybridized carbons (Fsp3) is 0.517. The zero-order valence-electron chi connectivity index (χ0n) is 20.2. The van der Waals surface area contributed by atoms with Crippen LogP contribution in [0.15, 0.2) is 54.7 Å². The van der Waals surface area contributed by atoms with Gasteiger partial charge in [0.1, 0.15) is 6.10 Å². The van der Waals surface area contributed by atoms with E-state index in [1.807, 2.05) is 24.4 Å². The van der Waals surface area contributed by atoms with Crippen molar-refractivity contribution in [2.75, 3.05) is 13.2 Å². The van der Waals surface area contributed by atoms with Crippen molar-refractivity contribution in [3.8, 4) is 11.1 Å². The summed E-state index contributed by atoms with van der Waals surface area (Å²) in [6.07, 6.45) is 11.4. The summed E-state index contributed by atoms with van der Waals surface area (Å²) in [5, 5.41) is 0. The highest BCUT2D eigenvalue weighted by molar-refractivity contribution is 5.80. The van der Waals surface area contributed by atoms with Crippen LogP contribution in [-0.4, -0.2) is 30.3 Å². The number of nitrogens with zero attached hydrogens (tertiary/aromatic N) is 1. The summed E-state index contributed by atoms with van der Waals surface area (Å²) in [7, 11) is 0. The van der Waals surface area contributed by atoms with Crippen molar-refractivity contribution in [3.63, 3.8) is 0 Å². The minimum absolute atomic E-state index is 0.0604. The van der Waals surface area contributed by atoms with E-state index < -0.39 is 5.41 Å². The Labute approximate surface area is 198 Å².